The van der Waals surface area contributed by atoms with E-state index < -0.39 is 11.6 Å². The van der Waals surface area contributed by atoms with Gasteiger partial charge in [0, 0.05) is 34.2 Å². The summed E-state index contributed by atoms with van der Waals surface area (Å²) in [7, 11) is 2.01. The Morgan fingerprint density at radius 3 is 2.56 bits per heavy atom. The predicted molar refractivity (Wildman–Crippen MR) is 100 cm³/mol. The van der Waals surface area contributed by atoms with Crippen LogP contribution < -0.4 is 4.74 Å². The quantitative estimate of drug-likeness (QED) is 0.710. The summed E-state index contributed by atoms with van der Waals surface area (Å²) in [6, 6.07) is 13.3. The van der Waals surface area contributed by atoms with Gasteiger partial charge in [-0.15, -0.1) is 0 Å². The highest BCUT2D eigenvalue weighted by molar-refractivity contribution is 6.31. The summed E-state index contributed by atoms with van der Waals surface area (Å²) in [5.74, 6) is -0.485. The van der Waals surface area contributed by atoms with E-state index in [4.69, 9.17) is 16.3 Å². The summed E-state index contributed by atoms with van der Waals surface area (Å²) in [6.07, 6.45) is 0. The Balaban J connectivity index is 2.19. The van der Waals surface area contributed by atoms with Crippen molar-refractivity contribution in [3.8, 4) is 16.9 Å². The van der Waals surface area contributed by atoms with Crippen LogP contribution in [-0.2, 0) is 11.8 Å². The van der Waals surface area contributed by atoms with Crippen molar-refractivity contribution in [1.29, 1.82) is 0 Å². The van der Waals surface area contributed by atoms with Gasteiger partial charge in [0.15, 0.2) is 5.60 Å². The van der Waals surface area contributed by atoms with E-state index in [0.717, 1.165) is 27.7 Å². The van der Waals surface area contributed by atoms with Crippen LogP contribution >= 0.6 is 11.6 Å². The first-order valence-corrected chi connectivity index (χ1v) is 8.36. The van der Waals surface area contributed by atoms with Crippen LogP contribution in [-0.4, -0.2) is 21.2 Å². The molecule has 0 radical (unpaired) electrons. The van der Waals surface area contributed by atoms with E-state index in [9.17, 15) is 9.90 Å². The summed E-state index contributed by atoms with van der Waals surface area (Å²) >= 11 is 6.16. The van der Waals surface area contributed by atoms with Crippen molar-refractivity contribution in [1.82, 2.24) is 4.57 Å². The fourth-order valence-electron chi connectivity index (χ4n) is 2.96. The van der Waals surface area contributed by atoms with Crippen molar-refractivity contribution in [2.45, 2.75) is 26.4 Å². The molecule has 25 heavy (non-hydrogen) atoms. The first-order valence-electron chi connectivity index (χ1n) is 7.98. The number of halogens is 1. The summed E-state index contributed by atoms with van der Waals surface area (Å²) in [4.78, 5) is 11.3. The van der Waals surface area contributed by atoms with Gasteiger partial charge in [0.2, 0.25) is 0 Å². The maximum absolute atomic E-state index is 11.3. The van der Waals surface area contributed by atoms with Gasteiger partial charge in [0.25, 0.3) is 0 Å². The maximum Gasteiger partial charge on any atom is 0.347 e. The average molecular weight is 358 g/mol. The molecule has 0 aliphatic carbocycles. The Labute approximate surface area is 151 Å². The van der Waals surface area contributed by atoms with Gasteiger partial charge in [-0.25, -0.2) is 4.79 Å². The monoisotopic (exact) mass is 357 g/mol. The van der Waals surface area contributed by atoms with Crippen LogP contribution in [0.4, 0.5) is 0 Å². The van der Waals surface area contributed by atoms with Crippen LogP contribution in [0.25, 0.3) is 22.0 Å². The molecule has 1 N–H and O–H groups in total. The van der Waals surface area contributed by atoms with Crippen molar-refractivity contribution >= 4 is 28.5 Å². The lowest BCUT2D eigenvalue weighted by Crippen LogP contribution is -2.37. The van der Waals surface area contributed by atoms with E-state index in [0.29, 0.717) is 10.8 Å². The van der Waals surface area contributed by atoms with E-state index in [-0.39, 0.29) is 0 Å². The molecule has 0 aliphatic rings. The normalized spacial score (nSPS) is 11.7. The molecule has 4 nitrogen and oxygen atoms in total. The third kappa shape index (κ3) is 3.10. The fourth-order valence-corrected chi connectivity index (χ4v) is 3.15. The molecule has 0 unspecified atom stereocenters. The van der Waals surface area contributed by atoms with E-state index in [1.54, 1.807) is 6.07 Å². The number of aryl methyl sites for hydroxylation is 1. The second-order valence-corrected chi connectivity index (χ2v) is 7.06. The number of ether oxygens (including phenoxy) is 1. The molecule has 0 amide bonds. The highest BCUT2D eigenvalue weighted by Gasteiger charge is 2.29. The fraction of sp³-hybridized carbons (Fsp3) is 0.250. The van der Waals surface area contributed by atoms with Crippen LogP contribution in [0.2, 0.25) is 5.02 Å². The van der Waals surface area contributed by atoms with Crippen molar-refractivity contribution in [3.05, 3.63) is 53.2 Å². The molecule has 5 heteroatoms. The molecule has 1 heterocycles. The van der Waals surface area contributed by atoms with Gasteiger partial charge in [-0.05, 0) is 56.7 Å². The average Bonchev–Trinajstić information content (AvgIpc) is 2.78. The number of carbonyl (C=O) groups is 1. The Bertz CT molecular complexity index is 972. The van der Waals surface area contributed by atoms with Crippen molar-refractivity contribution in [2.24, 2.45) is 7.05 Å². The second-order valence-electron chi connectivity index (χ2n) is 6.63. The van der Waals surface area contributed by atoms with Gasteiger partial charge < -0.3 is 14.4 Å². The maximum atomic E-state index is 11.3. The first kappa shape index (κ1) is 17.4. The van der Waals surface area contributed by atoms with Gasteiger partial charge in [-0.1, -0.05) is 23.7 Å². The lowest BCUT2D eigenvalue weighted by Gasteiger charge is -2.21. The van der Waals surface area contributed by atoms with E-state index in [1.165, 1.54) is 13.8 Å². The number of aromatic nitrogens is 1. The molecule has 2 aromatic carbocycles. The highest BCUT2D eigenvalue weighted by Crippen LogP contribution is 2.37. The molecule has 3 rings (SSSR count). The number of fused-ring (bicyclic) bond motifs is 1. The van der Waals surface area contributed by atoms with Crippen LogP contribution in [0, 0.1) is 6.92 Å². The first-order chi connectivity index (χ1) is 11.7. The molecule has 1 aromatic heterocycles. The standard InChI is InChI=1S/C20H20ClNO3/c1-12-18(13-6-5-7-14(21)10-13)16-11-15(8-9-17(16)22(12)4)25-20(2,3)19(23)24/h5-11H,1-4H3,(H,23,24). The molecule has 130 valence electrons. The minimum atomic E-state index is -1.30. The molecule has 0 spiro atoms. The highest BCUT2D eigenvalue weighted by atomic mass is 35.5. The molecule has 0 fully saturated rings. The molecule has 0 saturated heterocycles. The number of hydrogen-bond acceptors (Lipinski definition) is 2. The van der Waals surface area contributed by atoms with Gasteiger partial charge in [0.1, 0.15) is 5.75 Å². The number of carboxylic acids is 1. The lowest BCUT2D eigenvalue weighted by molar-refractivity contribution is -0.152. The number of aliphatic carboxylic acids is 1. The number of carboxylic acid groups (broad SMARTS) is 1. The van der Waals surface area contributed by atoms with E-state index in [1.807, 2.05) is 43.4 Å². The molecule has 0 atom stereocenters. The Morgan fingerprint density at radius 2 is 1.92 bits per heavy atom. The van der Waals surface area contributed by atoms with Crippen molar-refractivity contribution in [2.75, 3.05) is 0 Å². The minimum absolute atomic E-state index is 0.522. The molecule has 0 aliphatic heterocycles. The Kier molecular flexibility index (Phi) is 4.25. The van der Waals surface area contributed by atoms with E-state index >= 15 is 0 Å². The van der Waals surface area contributed by atoms with Crippen LogP contribution in [0.5, 0.6) is 5.75 Å². The zero-order valence-corrected chi connectivity index (χ0v) is 15.4. The SMILES string of the molecule is Cc1c(-c2cccc(Cl)c2)c2cc(OC(C)(C)C(=O)O)ccc2n1C. The second kappa shape index (κ2) is 6.12. The van der Waals surface area contributed by atoms with Crippen LogP contribution in [0.3, 0.4) is 0 Å². The van der Waals surface area contributed by atoms with Gasteiger partial charge in [-0.3, -0.25) is 0 Å². The number of nitrogens with zero attached hydrogens (tertiary/aromatic N) is 1. The molecule has 0 saturated carbocycles. The van der Waals surface area contributed by atoms with Crippen molar-refractivity contribution < 1.29 is 14.6 Å². The third-order valence-electron chi connectivity index (χ3n) is 4.46. The van der Waals surface area contributed by atoms with Gasteiger partial charge in [0.05, 0.1) is 0 Å². The molecular formula is C20H20ClNO3. The Morgan fingerprint density at radius 1 is 1.20 bits per heavy atom. The summed E-state index contributed by atoms with van der Waals surface area (Å²) in [5, 5.41) is 11.0. The lowest BCUT2D eigenvalue weighted by atomic mass is 10.0. The zero-order valence-electron chi connectivity index (χ0n) is 14.6. The minimum Gasteiger partial charge on any atom is -0.478 e. The smallest absolute Gasteiger partial charge is 0.347 e. The zero-order chi connectivity index (χ0) is 18.4. The van der Waals surface area contributed by atoms with Crippen molar-refractivity contribution in [3.63, 3.8) is 0 Å². The summed E-state index contributed by atoms with van der Waals surface area (Å²) in [5.41, 5.74) is 2.94. The van der Waals surface area contributed by atoms with Gasteiger partial charge >= 0.3 is 5.97 Å². The van der Waals surface area contributed by atoms with Crippen LogP contribution in [0.15, 0.2) is 42.5 Å². The third-order valence-corrected chi connectivity index (χ3v) is 4.70. The molecular weight excluding hydrogens is 338 g/mol. The number of rotatable bonds is 4. The Hall–Kier alpha value is -2.46. The predicted octanol–water partition coefficient (Wildman–Crippen LogP) is 5.05. The molecule has 0 bridgehead atoms. The number of hydrogen-bond donors (Lipinski definition) is 1. The topological polar surface area (TPSA) is 51.5 Å². The largest absolute Gasteiger partial charge is 0.478 e. The van der Waals surface area contributed by atoms with Gasteiger partial charge in [-0.2, -0.15) is 0 Å². The van der Waals surface area contributed by atoms with Crippen LogP contribution in [0.1, 0.15) is 19.5 Å². The van der Waals surface area contributed by atoms with E-state index in [2.05, 4.69) is 11.5 Å². The summed E-state index contributed by atoms with van der Waals surface area (Å²) < 4.78 is 7.81. The number of benzene rings is 2. The summed E-state index contributed by atoms with van der Waals surface area (Å²) in [6.45, 7) is 5.12. The molecule has 3 aromatic rings.